The minimum absolute atomic E-state index is 0.223. The number of carbonyl (C=O) groups is 1. The van der Waals surface area contributed by atoms with Crippen molar-refractivity contribution in [1.29, 1.82) is 0 Å². The molecule has 0 radical (unpaired) electrons. The van der Waals surface area contributed by atoms with Crippen molar-refractivity contribution in [1.82, 2.24) is 0 Å². The Morgan fingerprint density at radius 3 is 2.39 bits per heavy atom. The summed E-state index contributed by atoms with van der Waals surface area (Å²) in [5.74, 6) is 1.32. The van der Waals surface area contributed by atoms with Crippen LogP contribution in [0.1, 0.15) is 55.7 Å². The SMILES string of the molecule is CC/C=C1\CC(c2ccc(CC)cc2)CC(=O)\C1=C(\S)SCc1ccccc1. The molecule has 3 heteroatoms. The molecule has 0 spiro atoms. The van der Waals surface area contributed by atoms with Crippen molar-refractivity contribution < 1.29 is 4.79 Å². The normalized spacial score (nSPS) is 20.5. The van der Waals surface area contributed by atoms with E-state index in [1.54, 1.807) is 11.8 Å². The molecule has 0 N–H and O–H groups in total. The van der Waals surface area contributed by atoms with Gasteiger partial charge < -0.3 is 0 Å². The zero-order chi connectivity index (χ0) is 19.9. The highest BCUT2D eigenvalue weighted by molar-refractivity contribution is 8.15. The summed E-state index contributed by atoms with van der Waals surface area (Å²) in [5.41, 5.74) is 5.86. The van der Waals surface area contributed by atoms with E-state index in [0.717, 1.165) is 40.4 Å². The van der Waals surface area contributed by atoms with Gasteiger partial charge in [-0.15, -0.1) is 24.4 Å². The monoisotopic (exact) mass is 408 g/mol. The fraction of sp³-hybridized carbons (Fsp3) is 0.320. The lowest BCUT2D eigenvalue weighted by molar-refractivity contribution is -0.116. The highest BCUT2D eigenvalue weighted by Gasteiger charge is 2.30. The van der Waals surface area contributed by atoms with Gasteiger partial charge in [0.05, 0.1) is 0 Å². The average Bonchev–Trinajstić information content (AvgIpc) is 2.73. The summed E-state index contributed by atoms with van der Waals surface area (Å²) in [7, 11) is 0. The number of benzene rings is 2. The summed E-state index contributed by atoms with van der Waals surface area (Å²) in [6.45, 7) is 4.30. The number of thiol groups is 1. The van der Waals surface area contributed by atoms with E-state index in [1.807, 2.05) is 18.2 Å². The van der Waals surface area contributed by atoms with Crippen LogP contribution in [0.2, 0.25) is 0 Å². The van der Waals surface area contributed by atoms with E-state index in [1.165, 1.54) is 16.7 Å². The topological polar surface area (TPSA) is 17.1 Å². The molecule has 1 atom stereocenters. The predicted molar refractivity (Wildman–Crippen MR) is 125 cm³/mol. The summed E-state index contributed by atoms with van der Waals surface area (Å²) < 4.78 is 0.855. The van der Waals surface area contributed by atoms with Gasteiger partial charge >= 0.3 is 0 Å². The van der Waals surface area contributed by atoms with Gasteiger partial charge in [-0.25, -0.2) is 0 Å². The van der Waals surface area contributed by atoms with Gasteiger partial charge in [-0.3, -0.25) is 4.79 Å². The van der Waals surface area contributed by atoms with Crippen LogP contribution >= 0.6 is 24.4 Å². The van der Waals surface area contributed by atoms with E-state index in [-0.39, 0.29) is 11.7 Å². The Morgan fingerprint density at radius 1 is 1.04 bits per heavy atom. The van der Waals surface area contributed by atoms with E-state index in [4.69, 9.17) is 12.6 Å². The van der Waals surface area contributed by atoms with Crippen LogP contribution in [0.25, 0.3) is 0 Å². The van der Waals surface area contributed by atoms with Gasteiger partial charge in [0.1, 0.15) is 0 Å². The van der Waals surface area contributed by atoms with Crippen molar-refractivity contribution in [2.45, 2.75) is 51.2 Å². The first-order valence-corrected chi connectivity index (χ1v) is 11.5. The molecule has 0 heterocycles. The Labute approximate surface area is 178 Å². The molecule has 3 rings (SSSR count). The predicted octanol–water partition coefficient (Wildman–Crippen LogP) is 7.11. The number of carbonyl (C=O) groups excluding carboxylic acids is 1. The maximum atomic E-state index is 13.1. The maximum Gasteiger partial charge on any atom is 0.165 e. The summed E-state index contributed by atoms with van der Waals surface area (Å²) in [5, 5.41) is 0. The Hall–Kier alpha value is -1.71. The lowest BCUT2D eigenvalue weighted by Gasteiger charge is -2.27. The van der Waals surface area contributed by atoms with Crippen LogP contribution in [-0.2, 0) is 17.0 Å². The van der Waals surface area contributed by atoms with Crippen LogP contribution in [0.4, 0.5) is 0 Å². The third kappa shape index (κ3) is 5.21. The summed E-state index contributed by atoms with van der Waals surface area (Å²) in [6.07, 6.45) is 5.66. The number of Topliss-reactive ketones (excluding diaryl/α,β-unsaturated/α-hetero) is 1. The molecule has 1 unspecified atom stereocenters. The molecule has 1 aliphatic rings. The number of aryl methyl sites for hydroxylation is 1. The van der Waals surface area contributed by atoms with Gasteiger partial charge in [0.15, 0.2) is 5.78 Å². The van der Waals surface area contributed by atoms with Crippen molar-refractivity contribution >= 4 is 30.2 Å². The fourth-order valence-corrected chi connectivity index (χ4v) is 5.04. The smallest absolute Gasteiger partial charge is 0.165 e. The van der Waals surface area contributed by atoms with Gasteiger partial charge in [0.2, 0.25) is 0 Å². The summed E-state index contributed by atoms with van der Waals surface area (Å²) in [6, 6.07) is 19.1. The van der Waals surface area contributed by atoms with Gasteiger partial charge in [0, 0.05) is 22.0 Å². The molecule has 2 aromatic carbocycles. The number of hydrogen-bond donors (Lipinski definition) is 1. The molecule has 1 saturated carbocycles. The second kappa shape index (κ2) is 10.2. The molecule has 0 bridgehead atoms. The first-order valence-electron chi connectivity index (χ1n) is 10.0. The van der Waals surface area contributed by atoms with E-state index in [0.29, 0.717) is 6.42 Å². The van der Waals surface area contributed by atoms with Gasteiger partial charge in [-0.2, -0.15) is 0 Å². The second-order valence-electron chi connectivity index (χ2n) is 7.22. The molecule has 0 aliphatic heterocycles. The third-order valence-electron chi connectivity index (χ3n) is 5.24. The third-order valence-corrected chi connectivity index (χ3v) is 6.81. The molecular weight excluding hydrogens is 380 g/mol. The molecule has 0 amide bonds. The van der Waals surface area contributed by atoms with E-state index in [9.17, 15) is 4.79 Å². The Balaban J connectivity index is 1.80. The molecule has 1 nitrogen and oxygen atoms in total. The highest BCUT2D eigenvalue weighted by Crippen LogP contribution is 2.42. The molecule has 1 fully saturated rings. The Bertz CT molecular complexity index is 863. The van der Waals surface area contributed by atoms with Crippen LogP contribution in [0.3, 0.4) is 0 Å². The van der Waals surface area contributed by atoms with Crippen molar-refractivity contribution in [3.05, 3.63) is 92.7 Å². The standard InChI is InChI=1S/C25H28OS2/c1-3-8-21-15-22(20-13-11-18(4-2)12-14-20)16-23(26)24(21)25(27)28-17-19-9-6-5-7-10-19/h5-14,22,27H,3-4,15-17H2,1-2H3/b21-8+,25-24-. The zero-order valence-corrected chi connectivity index (χ0v) is 18.4. The summed E-state index contributed by atoms with van der Waals surface area (Å²) in [4.78, 5) is 13.1. The van der Waals surface area contributed by atoms with Crippen LogP contribution in [0.5, 0.6) is 0 Å². The molecule has 1 aliphatic carbocycles. The number of hydrogen-bond acceptors (Lipinski definition) is 3. The van der Waals surface area contributed by atoms with Gasteiger partial charge in [-0.05, 0) is 47.4 Å². The quantitative estimate of drug-likeness (QED) is 0.405. The highest BCUT2D eigenvalue weighted by atomic mass is 32.2. The number of ketones is 1. The fourth-order valence-electron chi connectivity index (χ4n) is 3.69. The average molecular weight is 409 g/mol. The number of thioether (sulfide) groups is 1. The first kappa shape index (κ1) is 21.0. The van der Waals surface area contributed by atoms with Crippen LogP contribution in [0.15, 0.2) is 76.1 Å². The van der Waals surface area contributed by atoms with E-state index in [2.05, 4.69) is 56.3 Å². The molecule has 28 heavy (non-hydrogen) atoms. The van der Waals surface area contributed by atoms with E-state index < -0.39 is 0 Å². The van der Waals surface area contributed by atoms with Crippen molar-refractivity contribution in [3.63, 3.8) is 0 Å². The van der Waals surface area contributed by atoms with Crippen molar-refractivity contribution in [3.8, 4) is 0 Å². The number of rotatable bonds is 6. The molecular formula is C25H28OS2. The van der Waals surface area contributed by atoms with Crippen molar-refractivity contribution in [2.24, 2.45) is 0 Å². The van der Waals surface area contributed by atoms with Crippen LogP contribution in [-0.4, -0.2) is 5.78 Å². The lowest BCUT2D eigenvalue weighted by atomic mass is 9.78. The molecule has 2 aromatic rings. The van der Waals surface area contributed by atoms with E-state index >= 15 is 0 Å². The summed E-state index contributed by atoms with van der Waals surface area (Å²) >= 11 is 6.39. The Morgan fingerprint density at radius 2 is 1.75 bits per heavy atom. The minimum Gasteiger partial charge on any atom is -0.294 e. The first-order chi connectivity index (χ1) is 13.6. The molecule has 0 saturated heterocycles. The molecule has 146 valence electrons. The zero-order valence-electron chi connectivity index (χ0n) is 16.7. The minimum atomic E-state index is 0.223. The largest absolute Gasteiger partial charge is 0.294 e. The maximum absolute atomic E-state index is 13.1. The lowest BCUT2D eigenvalue weighted by Crippen LogP contribution is -2.19. The Kier molecular flexibility index (Phi) is 7.64. The second-order valence-corrected chi connectivity index (χ2v) is 8.95. The van der Waals surface area contributed by atoms with Gasteiger partial charge in [-0.1, -0.05) is 74.5 Å². The number of allylic oxidation sites excluding steroid dienone is 3. The van der Waals surface area contributed by atoms with Crippen LogP contribution in [0, 0.1) is 0 Å². The van der Waals surface area contributed by atoms with Gasteiger partial charge in [0.25, 0.3) is 0 Å². The van der Waals surface area contributed by atoms with Crippen molar-refractivity contribution in [2.75, 3.05) is 0 Å². The molecule has 0 aromatic heterocycles. The van der Waals surface area contributed by atoms with Crippen LogP contribution < -0.4 is 0 Å².